The van der Waals surface area contributed by atoms with Gasteiger partial charge in [-0.25, -0.2) is 18.5 Å². The molecule has 1 fully saturated rings. The van der Waals surface area contributed by atoms with Crippen molar-refractivity contribution in [3.05, 3.63) is 54.1 Å². The standard InChI is InChI=1S/C21H24N4O5S2/c1-25-19(26)13-18(31-21(25)24-15-5-7-16(30-2)8-6-15)20(27)23-12-11-14-3-9-17(10-4-14)32(22,28)29/h3-10,18H,11-13H2,1-2H3,(H,23,27)(H2,22,28,29). The monoisotopic (exact) mass is 476 g/mol. The Balaban J connectivity index is 1.59. The molecule has 2 amide bonds. The number of nitrogens with zero attached hydrogens (tertiary/aromatic N) is 2. The second-order valence-corrected chi connectivity index (χ2v) is 9.82. The number of hydrogen-bond donors (Lipinski definition) is 2. The molecule has 0 aliphatic carbocycles. The molecule has 0 radical (unpaired) electrons. The third-order valence-electron chi connectivity index (χ3n) is 4.82. The molecule has 9 nitrogen and oxygen atoms in total. The molecule has 2 aromatic rings. The SMILES string of the molecule is COc1ccc(N=C2SC(C(=O)NCCc3ccc(S(N)(=O)=O)cc3)CC(=O)N2C)cc1. The number of rotatable bonds is 7. The van der Waals surface area contributed by atoms with E-state index in [1.807, 2.05) is 0 Å². The van der Waals surface area contributed by atoms with Gasteiger partial charge in [0.05, 0.1) is 22.9 Å². The third-order valence-corrected chi connectivity index (χ3v) is 6.99. The maximum atomic E-state index is 12.6. The van der Waals surface area contributed by atoms with E-state index < -0.39 is 15.3 Å². The topological polar surface area (TPSA) is 131 Å². The zero-order chi connectivity index (χ0) is 23.3. The quantitative estimate of drug-likeness (QED) is 0.625. The number of amides is 2. The number of ether oxygens (including phenoxy) is 1. The molecule has 0 aromatic heterocycles. The molecule has 3 rings (SSSR count). The molecule has 32 heavy (non-hydrogen) atoms. The maximum absolute atomic E-state index is 12.6. The number of benzene rings is 2. The van der Waals surface area contributed by atoms with E-state index in [0.717, 1.165) is 5.56 Å². The van der Waals surface area contributed by atoms with E-state index in [4.69, 9.17) is 9.88 Å². The lowest BCUT2D eigenvalue weighted by atomic mass is 10.1. The Hall–Kier alpha value is -2.89. The van der Waals surface area contributed by atoms with E-state index in [-0.39, 0.29) is 23.1 Å². The van der Waals surface area contributed by atoms with Gasteiger partial charge in [0, 0.05) is 20.0 Å². The first-order chi connectivity index (χ1) is 15.2. The number of primary sulfonamides is 1. The number of nitrogens with two attached hydrogens (primary N) is 1. The van der Waals surface area contributed by atoms with Crippen LogP contribution >= 0.6 is 11.8 Å². The van der Waals surface area contributed by atoms with E-state index >= 15 is 0 Å². The molecule has 1 atom stereocenters. The summed E-state index contributed by atoms with van der Waals surface area (Å²) in [7, 11) is -0.523. The number of sulfonamides is 1. The average Bonchev–Trinajstić information content (AvgIpc) is 2.77. The van der Waals surface area contributed by atoms with Gasteiger partial charge >= 0.3 is 0 Å². The van der Waals surface area contributed by atoms with Crippen molar-refractivity contribution >= 4 is 44.5 Å². The van der Waals surface area contributed by atoms with Crippen LogP contribution in [0, 0.1) is 0 Å². The van der Waals surface area contributed by atoms with Crippen LogP contribution < -0.4 is 15.2 Å². The second-order valence-electron chi connectivity index (χ2n) is 7.09. The first kappa shape index (κ1) is 23.8. The molecule has 0 saturated carbocycles. The lowest BCUT2D eigenvalue weighted by Gasteiger charge is -2.28. The molecule has 3 N–H and O–H groups in total. The first-order valence-corrected chi connectivity index (χ1v) is 12.2. The van der Waals surface area contributed by atoms with E-state index in [1.165, 1.54) is 28.8 Å². The van der Waals surface area contributed by atoms with Crippen LogP contribution in [0.5, 0.6) is 5.75 Å². The summed E-state index contributed by atoms with van der Waals surface area (Å²) in [5.41, 5.74) is 1.50. The molecule has 1 saturated heterocycles. The molecule has 0 bridgehead atoms. The summed E-state index contributed by atoms with van der Waals surface area (Å²) >= 11 is 1.24. The van der Waals surface area contributed by atoms with Crippen LogP contribution in [0.25, 0.3) is 0 Å². The van der Waals surface area contributed by atoms with Crippen molar-refractivity contribution in [1.29, 1.82) is 0 Å². The fraction of sp³-hybridized carbons (Fsp3) is 0.286. The Labute approximate surface area is 191 Å². The predicted molar refractivity (Wildman–Crippen MR) is 123 cm³/mol. The van der Waals surface area contributed by atoms with Gasteiger partial charge in [0.2, 0.25) is 21.8 Å². The van der Waals surface area contributed by atoms with Crippen LogP contribution in [-0.2, 0) is 26.0 Å². The van der Waals surface area contributed by atoms with Crippen LogP contribution in [0.1, 0.15) is 12.0 Å². The van der Waals surface area contributed by atoms with Crippen molar-refractivity contribution in [3.63, 3.8) is 0 Å². The molecule has 11 heteroatoms. The zero-order valence-electron chi connectivity index (χ0n) is 17.6. The lowest BCUT2D eigenvalue weighted by Crippen LogP contribution is -2.45. The Morgan fingerprint density at radius 1 is 1.22 bits per heavy atom. The smallest absolute Gasteiger partial charge is 0.238 e. The van der Waals surface area contributed by atoms with Crippen LogP contribution in [0.4, 0.5) is 5.69 Å². The van der Waals surface area contributed by atoms with E-state index in [1.54, 1.807) is 50.6 Å². The average molecular weight is 477 g/mol. The van der Waals surface area contributed by atoms with Crippen molar-refractivity contribution in [1.82, 2.24) is 10.2 Å². The highest BCUT2D eigenvalue weighted by Crippen LogP contribution is 2.28. The summed E-state index contributed by atoms with van der Waals surface area (Å²) in [5, 5.41) is 7.79. The number of carbonyl (C=O) groups is 2. The van der Waals surface area contributed by atoms with Gasteiger partial charge in [-0.05, 0) is 48.4 Å². The van der Waals surface area contributed by atoms with Gasteiger partial charge in [0.15, 0.2) is 5.17 Å². The molecular weight excluding hydrogens is 452 g/mol. The first-order valence-electron chi connectivity index (χ1n) is 9.73. The molecule has 1 aliphatic rings. The van der Waals surface area contributed by atoms with Gasteiger partial charge in [0.25, 0.3) is 0 Å². The highest BCUT2D eigenvalue weighted by molar-refractivity contribution is 8.15. The molecule has 1 unspecified atom stereocenters. The molecule has 1 heterocycles. The minimum absolute atomic E-state index is 0.0372. The molecular formula is C21H24N4O5S2. The highest BCUT2D eigenvalue weighted by Gasteiger charge is 2.33. The Bertz CT molecular complexity index is 1120. The summed E-state index contributed by atoms with van der Waals surface area (Å²) in [5.74, 6) is 0.265. The maximum Gasteiger partial charge on any atom is 0.238 e. The highest BCUT2D eigenvalue weighted by atomic mass is 32.2. The summed E-state index contributed by atoms with van der Waals surface area (Å²) in [6, 6.07) is 13.3. The normalized spacial score (nSPS) is 18.0. The van der Waals surface area contributed by atoms with Crippen molar-refractivity contribution in [2.75, 3.05) is 20.7 Å². The summed E-state index contributed by atoms with van der Waals surface area (Å²) in [6.07, 6.45) is 0.590. The van der Waals surface area contributed by atoms with Gasteiger partial charge in [0.1, 0.15) is 5.75 Å². The van der Waals surface area contributed by atoms with Crippen molar-refractivity contribution < 1.29 is 22.7 Å². The third kappa shape index (κ3) is 6.09. The number of carbonyl (C=O) groups excluding carboxylic acids is 2. The molecule has 170 valence electrons. The van der Waals surface area contributed by atoms with Crippen molar-refractivity contribution in [2.24, 2.45) is 10.1 Å². The number of methoxy groups -OCH3 is 1. The minimum Gasteiger partial charge on any atom is -0.497 e. The molecule has 1 aliphatic heterocycles. The van der Waals surface area contributed by atoms with E-state index in [2.05, 4.69) is 10.3 Å². The van der Waals surface area contributed by atoms with Gasteiger partial charge in [-0.1, -0.05) is 23.9 Å². The number of nitrogens with one attached hydrogen (secondary N) is 1. The minimum atomic E-state index is -3.74. The molecule has 2 aromatic carbocycles. The summed E-state index contributed by atoms with van der Waals surface area (Å²) < 4.78 is 27.8. The van der Waals surface area contributed by atoms with Gasteiger partial charge in [-0.2, -0.15) is 0 Å². The number of aliphatic imine (C=N–C) groups is 1. The van der Waals surface area contributed by atoms with Crippen LogP contribution in [0.2, 0.25) is 0 Å². The summed E-state index contributed by atoms with van der Waals surface area (Å²) in [4.78, 5) is 31.0. The number of amidine groups is 1. The predicted octanol–water partition coefficient (Wildman–Crippen LogP) is 1.65. The fourth-order valence-electron chi connectivity index (χ4n) is 2.95. The Kier molecular flexibility index (Phi) is 7.54. The Morgan fingerprint density at radius 3 is 2.47 bits per heavy atom. The number of thioether (sulfide) groups is 1. The lowest BCUT2D eigenvalue weighted by molar-refractivity contribution is -0.129. The van der Waals surface area contributed by atoms with E-state index in [0.29, 0.717) is 29.6 Å². The van der Waals surface area contributed by atoms with Crippen LogP contribution in [0.3, 0.4) is 0 Å². The largest absolute Gasteiger partial charge is 0.497 e. The van der Waals surface area contributed by atoms with Crippen molar-refractivity contribution in [2.45, 2.75) is 23.0 Å². The fourth-order valence-corrected chi connectivity index (χ4v) is 4.56. The van der Waals surface area contributed by atoms with Crippen LogP contribution in [-0.4, -0.2) is 56.3 Å². The van der Waals surface area contributed by atoms with Crippen LogP contribution in [0.15, 0.2) is 58.4 Å². The van der Waals surface area contributed by atoms with Crippen molar-refractivity contribution in [3.8, 4) is 5.75 Å². The number of hydrogen-bond acceptors (Lipinski definition) is 7. The van der Waals surface area contributed by atoms with Gasteiger partial charge in [-0.3, -0.25) is 14.5 Å². The zero-order valence-corrected chi connectivity index (χ0v) is 19.3. The second kappa shape index (κ2) is 10.2. The summed E-state index contributed by atoms with van der Waals surface area (Å²) in [6.45, 7) is 0.347. The van der Waals surface area contributed by atoms with Gasteiger partial charge < -0.3 is 10.1 Å². The van der Waals surface area contributed by atoms with Gasteiger partial charge in [-0.15, -0.1) is 0 Å². The van der Waals surface area contributed by atoms with E-state index in [9.17, 15) is 18.0 Å². The Morgan fingerprint density at radius 2 is 1.88 bits per heavy atom. The molecule has 0 spiro atoms.